The number of nitrogens with zero attached hydrogens (tertiary/aromatic N) is 3. The van der Waals surface area contributed by atoms with E-state index in [1.54, 1.807) is 71.3 Å². The van der Waals surface area contributed by atoms with Gasteiger partial charge in [-0.05, 0) is 76.4 Å². The summed E-state index contributed by atoms with van der Waals surface area (Å²) >= 11 is 0. The number of nitrogens with two attached hydrogens (primary N) is 1. The monoisotopic (exact) mass is 615 g/mol. The molecule has 2 aliphatic rings. The van der Waals surface area contributed by atoms with Gasteiger partial charge in [-0.15, -0.1) is 0 Å². The van der Waals surface area contributed by atoms with Crippen LogP contribution in [-0.2, 0) is 25.5 Å². The number of esters is 1. The molecule has 0 unspecified atom stereocenters. The lowest BCUT2D eigenvalue weighted by Gasteiger charge is -2.29. The highest BCUT2D eigenvalue weighted by atomic mass is 19.1. The van der Waals surface area contributed by atoms with Gasteiger partial charge in [-0.3, -0.25) is 33.9 Å². The first kappa shape index (κ1) is 31.3. The van der Waals surface area contributed by atoms with E-state index in [1.807, 2.05) is 0 Å². The van der Waals surface area contributed by atoms with Crippen molar-refractivity contribution < 1.29 is 33.1 Å². The topological polar surface area (TPSA) is 152 Å². The first-order valence-electron chi connectivity index (χ1n) is 14.5. The molecule has 3 aromatic rings. The predicted molar refractivity (Wildman–Crippen MR) is 164 cm³/mol. The maximum absolute atomic E-state index is 16.3. The van der Waals surface area contributed by atoms with Crippen LogP contribution in [0.25, 0.3) is 11.1 Å². The summed E-state index contributed by atoms with van der Waals surface area (Å²) in [5.41, 5.74) is 7.43. The SMILES string of the molecule is Cc1cc(-c2c(Nc3cccc4c3C(=O)N([C@@H](CCC(=O)OC(C)(C)C)C(N)=O)C4=O)cc3c(c2F)CCC(=O)N3C)ccn1. The number of benzene rings is 2. The van der Waals surface area contributed by atoms with Gasteiger partial charge in [0.05, 0.1) is 28.2 Å². The summed E-state index contributed by atoms with van der Waals surface area (Å²) in [6.07, 6.45) is 1.47. The van der Waals surface area contributed by atoms with Gasteiger partial charge in [0, 0.05) is 42.9 Å². The maximum Gasteiger partial charge on any atom is 0.306 e. The van der Waals surface area contributed by atoms with E-state index in [2.05, 4.69) is 10.3 Å². The Balaban J connectivity index is 1.55. The van der Waals surface area contributed by atoms with Crippen molar-refractivity contribution in [2.45, 2.75) is 65.0 Å². The fraction of sp³-hybridized carbons (Fsp3) is 0.333. The van der Waals surface area contributed by atoms with E-state index >= 15 is 4.39 Å². The molecule has 12 heteroatoms. The molecule has 1 aromatic heterocycles. The fourth-order valence-corrected chi connectivity index (χ4v) is 5.71. The number of amides is 4. The second-order valence-electron chi connectivity index (χ2n) is 12.1. The van der Waals surface area contributed by atoms with Gasteiger partial charge in [-0.1, -0.05) is 6.07 Å². The van der Waals surface area contributed by atoms with Crippen LogP contribution in [0.3, 0.4) is 0 Å². The number of halogens is 1. The molecular weight excluding hydrogens is 581 g/mol. The Hall–Kier alpha value is -5.13. The molecule has 0 fully saturated rings. The molecular formula is C33H34FN5O6. The number of primary amides is 1. The molecule has 0 bridgehead atoms. The zero-order valence-electron chi connectivity index (χ0n) is 25.7. The van der Waals surface area contributed by atoms with Crippen molar-refractivity contribution in [1.29, 1.82) is 0 Å². The molecule has 0 spiro atoms. The van der Waals surface area contributed by atoms with E-state index < -0.39 is 41.2 Å². The smallest absolute Gasteiger partial charge is 0.306 e. The van der Waals surface area contributed by atoms with Crippen molar-refractivity contribution in [3.8, 4) is 11.1 Å². The number of pyridine rings is 1. The fourth-order valence-electron chi connectivity index (χ4n) is 5.71. The van der Waals surface area contributed by atoms with E-state index in [9.17, 15) is 24.0 Å². The van der Waals surface area contributed by atoms with Crippen LogP contribution in [0.15, 0.2) is 42.6 Å². The van der Waals surface area contributed by atoms with Gasteiger partial charge in [0.2, 0.25) is 11.8 Å². The highest BCUT2D eigenvalue weighted by molar-refractivity contribution is 6.25. The van der Waals surface area contributed by atoms with Crippen LogP contribution in [0.5, 0.6) is 0 Å². The number of carbonyl (C=O) groups excluding carboxylic acids is 5. The van der Waals surface area contributed by atoms with Crippen molar-refractivity contribution >= 4 is 46.7 Å². The Kier molecular flexibility index (Phi) is 8.17. The number of ether oxygens (including phenoxy) is 1. The largest absolute Gasteiger partial charge is 0.460 e. The third kappa shape index (κ3) is 6.00. The van der Waals surface area contributed by atoms with Crippen molar-refractivity contribution in [1.82, 2.24) is 9.88 Å². The second-order valence-corrected chi connectivity index (χ2v) is 12.1. The molecule has 0 aliphatic carbocycles. The van der Waals surface area contributed by atoms with Crippen molar-refractivity contribution in [3.63, 3.8) is 0 Å². The molecule has 0 saturated carbocycles. The number of aromatic nitrogens is 1. The molecule has 4 amide bonds. The van der Waals surface area contributed by atoms with E-state index in [0.29, 0.717) is 22.5 Å². The van der Waals surface area contributed by atoms with Crippen LogP contribution in [0.4, 0.5) is 21.5 Å². The van der Waals surface area contributed by atoms with Crippen LogP contribution >= 0.6 is 0 Å². The van der Waals surface area contributed by atoms with Crippen LogP contribution < -0.4 is 16.0 Å². The normalized spacial score (nSPS) is 15.1. The van der Waals surface area contributed by atoms with Crippen molar-refractivity contribution in [2.24, 2.45) is 5.73 Å². The Labute approximate surface area is 259 Å². The second kappa shape index (κ2) is 11.8. The molecule has 5 rings (SSSR count). The van der Waals surface area contributed by atoms with E-state index in [0.717, 1.165) is 4.90 Å². The number of hydrogen-bond acceptors (Lipinski definition) is 8. The molecule has 0 saturated heterocycles. The lowest BCUT2D eigenvalue weighted by atomic mass is 9.93. The Morgan fingerprint density at radius 2 is 1.80 bits per heavy atom. The van der Waals surface area contributed by atoms with Crippen LogP contribution in [0, 0.1) is 12.7 Å². The van der Waals surface area contributed by atoms with E-state index in [-0.39, 0.29) is 59.7 Å². The minimum Gasteiger partial charge on any atom is -0.460 e. The van der Waals surface area contributed by atoms with Gasteiger partial charge in [-0.25, -0.2) is 4.39 Å². The summed E-state index contributed by atoms with van der Waals surface area (Å²) in [6.45, 7) is 6.86. The van der Waals surface area contributed by atoms with Gasteiger partial charge in [-0.2, -0.15) is 0 Å². The standard InChI is InChI=1S/C33H34FN5O6/c1-17-15-18(13-14-36-17)27-22(16-24-19(29(27)34)9-11-25(40)38(24)5)37-21-8-6-7-20-28(21)32(44)39(31(20)43)23(30(35)42)10-12-26(41)45-33(2,3)4/h6-8,13-16,23,37H,9-12H2,1-5H3,(H2,35,42)/t23-/m0/s1. The van der Waals surface area contributed by atoms with E-state index in [1.165, 1.54) is 11.0 Å². The predicted octanol–water partition coefficient (Wildman–Crippen LogP) is 4.42. The Bertz CT molecular complexity index is 1760. The maximum atomic E-state index is 16.3. The summed E-state index contributed by atoms with van der Waals surface area (Å²) in [7, 11) is 1.57. The van der Waals surface area contributed by atoms with Crippen molar-refractivity contribution in [3.05, 3.63) is 70.8 Å². The molecule has 1 atom stereocenters. The average molecular weight is 616 g/mol. The molecule has 45 heavy (non-hydrogen) atoms. The van der Waals surface area contributed by atoms with Gasteiger partial charge < -0.3 is 20.7 Å². The summed E-state index contributed by atoms with van der Waals surface area (Å²) in [6, 6.07) is 8.17. The number of imide groups is 1. The average Bonchev–Trinajstić information content (AvgIpc) is 3.20. The number of anilines is 3. The quantitative estimate of drug-likeness (QED) is 0.279. The zero-order chi connectivity index (χ0) is 32.8. The molecule has 0 radical (unpaired) electrons. The third-order valence-corrected chi connectivity index (χ3v) is 7.75. The number of hydrogen-bond donors (Lipinski definition) is 2. The van der Waals surface area contributed by atoms with Gasteiger partial charge in [0.15, 0.2) is 0 Å². The highest BCUT2D eigenvalue weighted by Crippen LogP contribution is 2.43. The van der Waals surface area contributed by atoms with E-state index in [4.69, 9.17) is 10.5 Å². The van der Waals surface area contributed by atoms with Gasteiger partial charge in [0.1, 0.15) is 17.5 Å². The number of aryl methyl sites for hydroxylation is 1. The molecule has 234 valence electrons. The zero-order valence-corrected chi connectivity index (χ0v) is 25.7. The van der Waals surface area contributed by atoms with Gasteiger partial charge in [0.25, 0.3) is 11.8 Å². The molecule has 2 aromatic carbocycles. The number of nitrogens with one attached hydrogen (secondary N) is 1. The number of fused-ring (bicyclic) bond motifs is 2. The minimum absolute atomic E-state index is 0.0144. The molecule has 3 N–H and O–H groups in total. The minimum atomic E-state index is -1.41. The first-order valence-corrected chi connectivity index (χ1v) is 14.5. The van der Waals surface area contributed by atoms with Crippen LogP contribution in [-0.4, -0.2) is 58.2 Å². The number of carbonyl (C=O) groups is 5. The Morgan fingerprint density at radius 3 is 2.47 bits per heavy atom. The molecule has 3 heterocycles. The summed E-state index contributed by atoms with van der Waals surface area (Å²) in [5, 5.41) is 3.14. The van der Waals surface area contributed by atoms with Crippen LogP contribution in [0.2, 0.25) is 0 Å². The summed E-state index contributed by atoms with van der Waals surface area (Å²) in [5.74, 6) is -3.79. The lowest BCUT2D eigenvalue weighted by Crippen LogP contribution is -2.48. The van der Waals surface area contributed by atoms with Crippen LogP contribution in [0.1, 0.15) is 72.0 Å². The third-order valence-electron chi connectivity index (χ3n) is 7.75. The molecule has 11 nitrogen and oxygen atoms in total. The van der Waals surface area contributed by atoms with Gasteiger partial charge >= 0.3 is 5.97 Å². The highest BCUT2D eigenvalue weighted by Gasteiger charge is 2.44. The van der Waals surface area contributed by atoms with Crippen molar-refractivity contribution in [2.75, 3.05) is 17.3 Å². The molecule has 2 aliphatic heterocycles. The first-order chi connectivity index (χ1) is 21.2. The Morgan fingerprint density at radius 1 is 1.07 bits per heavy atom. The lowest BCUT2D eigenvalue weighted by molar-refractivity contribution is -0.155. The summed E-state index contributed by atoms with van der Waals surface area (Å²) in [4.78, 5) is 71.1. The summed E-state index contributed by atoms with van der Waals surface area (Å²) < 4.78 is 21.6. The number of rotatable bonds is 8.